The fourth-order valence-electron chi connectivity index (χ4n) is 2.32. The molecule has 0 radical (unpaired) electrons. The maximum atomic E-state index is 9.29. The maximum absolute atomic E-state index is 9.29. The van der Waals surface area contributed by atoms with Gasteiger partial charge in [0.25, 0.3) is 0 Å². The van der Waals surface area contributed by atoms with Crippen molar-refractivity contribution >= 4 is 5.82 Å². The van der Waals surface area contributed by atoms with Crippen molar-refractivity contribution in [3.05, 3.63) is 47.0 Å². The highest BCUT2D eigenvalue weighted by molar-refractivity contribution is 5.56. The molecule has 1 N–H and O–H groups in total. The molecular weight excluding hydrogens is 264 g/mol. The third kappa shape index (κ3) is 3.41. The molecule has 2 heterocycles. The van der Waals surface area contributed by atoms with Crippen LogP contribution in [0.2, 0.25) is 0 Å². The molecule has 0 saturated carbocycles. The Bertz CT molecular complexity index is 641. The third-order valence-electron chi connectivity index (χ3n) is 3.41. The van der Waals surface area contributed by atoms with Gasteiger partial charge in [-0.25, -0.2) is 4.98 Å². The van der Waals surface area contributed by atoms with E-state index in [1.165, 1.54) is 0 Å². The van der Waals surface area contributed by atoms with Gasteiger partial charge in [-0.05, 0) is 51.7 Å². The second-order valence-corrected chi connectivity index (χ2v) is 5.29. The molecule has 110 valence electrons. The lowest BCUT2D eigenvalue weighted by Crippen LogP contribution is -2.27. The first-order chi connectivity index (χ1) is 10.0. The number of anilines is 1. The molecule has 0 aromatic carbocycles. The number of hydrogen-bond acceptors (Lipinski definition) is 5. The summed E-state index contributed by atoms with van der Waals surface area (Å²) in [5, 5.41) is 12.6. The van der Waals surface area contributed by atoms with E-state index in [2.05, 4.69) is 21.3 Å². The summed E-state index contributed by atoms with van der Waals surface area (Å²) >= 11 is 0. The highest BCUT2D eigenvalue weighted by atomic mass is 16.3. The fraction of sp³-hybridized carbons (Fsp3) is 0.375. The van der Waals surface area contributed by atoms with E-state index in [0.29, 0.717) is 17.9 Å². The number of rotatable bonds is 5. The average molecular weight is 284 g/mol. The summed E-state index contributed by atoms with van der Waals surface area (Å²) in [6.07, 6.45) is 1.67. The van der Waals surface area contributed by atoms with Crippen molar-refractivity contribution in [1.29, 1.82) is 5.26 Å². The molecule has 0 fully saturated rings. The Hall–Kier alpha value is -2.32. The van der Waals surface area contributed by atoms with Gasteiger partial charge < -0.3 is 9.73 Å². The fourth-order valence-corrected chi connectivity index (χ4v) is 2.32. The van der Waals surface area contributed by atoms with E-state index in [-0.39, 0.29) is 6.04 Å². The summed E-state index contributed by atoms with van der Waals surface area (Å²) in [6.45, 7) is 4.47. The molecule has 2 aromatic heterocycles. The highest BCUT2D eigenvalue weighted by Crippen LogP contribution is 2.22. The standard InChI is InChI=1S/C16H20N4O/c1-11-8-12(2)19-16(13(11)9-17)18-10-14(20(3)4)15-6-5-7-21-15/h5-8,14H,10H2,1-4H3,(H,18,19). The third-order valence-corrected chi connectivity index (χ3v) is 3.41. The van der Waals surface area contributed by atoms with Crippen LogP contribution < -0.4 is 5.32 Å². The van der Waals surface area contributed by atoms with Crippen LogP contribution in [0.1, 0.15) is 28.6 Å². The minimum absolute atomic E-state index is 0.0779. The SMILES string of the molecule is Cc1cc(C)c(C#N)c(NCC(c2ccco2)N(C)C)n1. The number of likely N-dealkylation sites (N-methyl/N-ethyl adjacent to an activating group) is 1. The summed E-state index contributed by atoms with van der Waals surface area (Å²) in [4.78, 5) is 6.50. The largest absolute Gasteiger partial charge is 0.468 e. The molecule has 5 nitrogen and oxygen atoms in total. The number of nitriles is 1. The summed E-state index contributed by atoms with van der Waals surface area (Å²) in [6, 6.07) is 8.04. The molecule has 1 unspecified atom stereocenters. The Balaban J connectivity index is 2.21. The van der Waals surface area contributed by atoms with Gasteiger partial charge in [0.15, 0.2) is 0 Å². The first-order valence-electron chi connectivity index (χ1n) is 6.85. The van der Waals surface area contributed by atoms with Crippen molar-refractivity contribution in [3.8, 4) is 6.07 Å². The van der Waals surface area contributed by atoms with Crippen LogP contribution in [0, 0.1) is 25.2 Å². The molecule has 0 saturated heterocycles. The van der Waals surface area contributed by atoms with Gasteiger partial charge in [0.2, 0.25) is 0 Å². The maximum Gasteiger partial charge on any atom is 0.144 e. The molecule has 0 aliphatic heterocycles. The van der Waals surface area contributed by atoms with Crippen LogP contribution in [0.25, 0.3) is 0 Å². The molecular formula is C16H20N4O. The minimum atomic E-state index is 0.0779. The van der Waals surface area contributed by atoms with Gasteiger partial charge in [0.05, 0.1) is 17.9 Å². The number of nitrogens with zero attached hydrogens (tertiary/aromatic N) is 3. The van der Waals surface area contributed by atoms with E-state index in [9.17, 15) is 5.26 Å². The van der Waals surface area contributed by atoms with Crippen molar-refractivity contribution in [2.75, 3.05) is 26.0 Å². The number of aromatic nitrogens is 1. The Kier molecular flexibility index (Phi) is 4.61. The second-order valence-electron chi connectivity index (χ2n) is 5.29. The number of aryl methyl sites for hydroxylation is 2. The Morgan fingerprint density at radius 3 is 2.76 bits per heavy atom. The first kappa shape index (κ1) is 15.1. The Morgan fingerprint density at radius 1 is 1.43 bits per heavy atom. The predicted octanol–water partition coefficient (Wildman–Crippen LogP) is 2.88. The van der Waals surface area contributed by atoms with E-state index in [0.717, 1.165) is 17.0 Å². The number of nitrogens with one attached hydrogen (secondary N) is 1. The number of hydrogen-bond donors (Lipinski definition) is 1. The molecule has 1 atom stereocenters. The van der Waals surface area contributed by atoms with Gasteiger partial charge in [-0.3, -0.25) is 4.90 Å². The van der Waals surface area contributed by atoms with E-state index in [4.69, 9.17) is 4.42 Å². The van der Waals surface area contributed by atoms with Crippen LogP contribution in [0.5, 0.6) is 0 Å². The molecule has 2 aromatic rings. The summed E-state index contributed by atoms with van der Waals surface area (Å²) in [5.74, 6) is 1.52. The van der Waals surface area contributed by atoms with Crippen molar-refractivity contribution in [2.24, 2.45) is 0 Å². The van der Waals surface area contributed by atoms with Gasteiger partial charge >= 0.3 is 0 Å². The smallest absolute Gasteiger partial charge is 0.144 e. The van der Waals surface area contributed by atoms with Crippen LogP contribution in [0.4, 0.5) is 5.82 Å². The lowest BCUT2D eigenvalue weighted by Gasteiger charge is -2.23. The van der Waals surface area contributed by atoms with Crippen molar-refractivity contribution in [1.82, 2.24) is 9.88 Å². The van der Waals surface area contributed by atoms with E-state index < -0.39 is 0 Å². The second kappa shape index (κ2) is 6.42. The normalized spacial score (nSPS) is 12.2. The summed E-state index contributed by atoms with van der Waals surface area (Å²) in [7, 11) is 3.99. The van der Waals surface area contributed by atoms with Crippen LogP contribution in [-0.2, 0) is 0 Å². The monoisotopic (exact) mass is 284 g/mol. The lowest BCUT2D eigenvalue weighted by atomic mass is 10.1. The van der Waals surface area contributed by atoms with Crippen LogP contribution in [-0.4, -0.2) is 30.5 Å². The molecule has 0 spiro atoms. The van der Waals surface area contributed by atoms with Gasteiger partial charge in [-0.2, -0.15) is 5.26 Å². The molecule has 0 aliphatic rings. The van der Waals surface area contributed by atoms with Gasteiger partial charge in [-0.15, -0.1) is 0 Å². The van der Waals surface area contributed by atoms with E-state index in [1.54, 1.807) is 6.26 Å². The van der Waals surface area contributed by atoms with Gasteiger partial charge in [0.1, 0.15) is 17.6 Å². The van der Waals surface area contributed by atoms with E-state index in [1.807, 2.05) is 46.1 Å². The zero-order valence-corrected chi connectivity index (χ0v) is 12.8. The Morgan fingerprint density at radius 2 is 2.19 bits per heavy atom. The highest BCUT2D eigenvalue weighted by Gasteiger charge is 2.18. The number of pyridine rings is 1. The molecule has 0 bridgehead atoms. The zero-order valence-electron chi connectivity index (χ0n) is 12.8. The topological polar surface area (TPSA) is 65.1 Å². The van der Waals surface area contributed by atoms with Gasteiger partial charge in [0, 0.05) is 12.2 Å². The Labute approximate surface area is 125 Å². The summed E-state index contributed by atoms with van der Waals surface area (Å²) < 4.78 is 5.48. The van der Waals surface area contributed by atoms with Gasteiger partial charge in [-0.1, -0.05) is 0 Å². The quantitative estimate of drug-likeness (QED) is 0.914. The molecule has 5 heteroatoms. The van der Waals surface area contributed by atoms with Crippen LogP contribution in [0.3, 0.4) is 0 Å². The number of furan rings is 1. The van der Waals surface area contributed by atoms with Crippen LogP contribution in [0.15, 0.2) is 28.9 Å². The van der Waals surface area contributed by atoms with Crippen molar-refractivity contribution in [3.63, 3.8) is 0 Å². The van der Waals surface area contributed by atoms with Crippen molar-refractivity contribution < 1.29 is 4.42 Å². The van der Waals surface area contributed by atoms with Crippen LogP contribution >= 0.6 is 0 Å². The lowest BCUT2D eigenvalue weighted by molar-refractivity contribution is 0.269. The molecule has 21 heavy (non-hydrogen) atoms. The average Bonchev–Trinajstić information content (AvgIpc) is 2.92. The van der Waals surface area contributed by atoms with E-state index >= 15 is 0 Å². The first-order valence-corrected chi connectivity index (χ1v) is 6.85. The zero-order chi connectivity index (χ0) is 15.4. The molecule has 0 aliphatic carbocycles. The minimum Gasteiger partial charge on any atom is -0.468 e. The summed E-state index contributed by atoms with van der Waals surface area (Å²) in [5.41, 5.74) is 2.43. The predicted molar refractivity (Wildman–Crippen MR) is 82.1 cm³/mol. The molecule has 0 amide bonds. The molecule has 2 rings (SSSR count). The van der Waals surface area contributed by atoms with Crippen molar-refractivity contribution in [2.45, 2.75) is 19.9 Å².